The second-order valence-corrected chi connectivity index (χ2v) is 7.78. The van der Waals surface area contributed by atoms with Gasteiger partial charge in [0.05, 0.1) is 17.4 Å². The number of benzene rings is 1. The van der Waals surface area contributed by atoms with Crippen LogP contribution in [0, 0.1) is 18.3 Å². The van der Waals surface area contributed by atoms with Crippen molar-refractivity contribution in [3.8, 4) is 16.6 Å². The van der Waals surface area contributed by atoms with Gasteiger partial charge >= 0.3 is 6.18 Å². The zero-order chi connectivity index (χ0) is 22.1. The van der Waals surface area contributed by atoms with Gasteiger partial charge < -0.3 is 4.90 Å². The van der Waals surface area contributed by atoms with Gasteiger partial charge in [-0.05, 0) is 36.9 Å². The third kappa shape index (κ3) is 6.78. The smallest absolute Gasteiger partial charge is 0.373 e. The minimum Gasteiger partial charge on any atom is -0.373 e. The summed E-state index contributed by atoms with van der Waals surface area (Å²) in [5, 5.41) is 12.3. The van der Waals surface area contributed by atoms with E-state index < -0.39 is 11.9 Å². The number of hydrogen-bond acceptors (Lipinski definition) is 4. The van der Waals surface area contributed by atoms with Gasteiger partial charge in [-0.3, -0.25) is 4.68 Å². The minimum absolute atomic E-state index is 0.368. The Morgan fingerprint density at radius 2 is 1.93 bits per heavy atom. The van der Waals surface area contributed by atoms with Gasteiger partial charge in [0, 0.05) is 25.0 Å². The first-order valence-electron chi connectivity index (χ1n) is 9.20. The van der Waals surface area contributed by atoms with Gasteiger partial charge in [0.15, 0.2) is 0 Å². The van der Waals surface area contributed by atoms with Crippen LogP contribution in [0.15, 0.2) is 61.3 Å². The number of nitriles is 1. The van der Waals surface area contributed by atoms with Gasteiger partial charge in [-0.25, -0.2) is 0 Å². The molecule has 0 unspecified atom stereocenters. The number of thiophene rings is 1. The molecule has 0 aliphatic rings. The molecule has 3 aromatic rings. The maximum atomic E-state index is 12.5. The molecule has 0 N–H and O–H groups in total. The Kier molecular flexibility index (Phi) is 8.25. The Bertz CT molecular complexity index is 984. The van der Waals surface area contributed by atoms with Crippen molar-refractivity contribution in [2.75, 3.05) is 6.54 Å². The number of nitrogens with zero attached hydrogens (tertiary/aromatic N) is 4. The molecule has 2 aromatic heterocycles. The zero-order valence-corrected chi connectivity index (χ0v) is 17.7. The van der Waals surface area contributed by atoms with Crippen LogP contribution in [0.5, 0.6) is 0 Å². The summed E-state index contributed by atoms with van der Waals surface area (Å²) in [4.78, 5) is 3.84. The number of aryl methyl sites for hydroxylation is 2. The first-order valence-corrected chi connectivity index (χ1v) is 10.0. The molecule has 0 aliphatic heterocycles. The number of rotatable bonds is 6. The first-order chi connectivity index (χ1) is 14.2. The van der Waals surface area contributed by atoms with Gasteiger partial charge in [-0.1, -0.05) is 36.9 Å². The van der Waals surface area contributed by atoms with E-state index in [1.165, 1.54) is 23.9 Å². The molecule has 0 spiro atoms. The fraction of sp³-hybridized carbons (Fsp3) is 0.273. The van der Waals surface area contributed by atoms with E-state index in [1.807, 2.05) is 36.1 Å². The summed E-state index contributed by atoms with van der Waals surface area (Å²) in [6.07, 6.45) is -2.03. The van der Waals surface area contributed by atoms with E-state index in [4.69, 9.17) is 5.26 Å². The summed E-state index contributed by atoms with van der Waals surface area (Å²) in [7, 11) is 1.30. The van der Waals surface area contributed by atoms with Crippen LogP contribution in [-0.2, 0) is 19.8 Å². The predicted octanol–water partition coefficient (Wildman–Crippen LogP) is 6.02. The molecule has 0 bridgehead atoms. The normalized spacial score (nSPS) is 10.7. The molecule has 30 heavy (non-hydrogen) atoms. The van der Waals surface area contributed by atoms with E-state index in [0.717, 1.165) is 33.6 Å². The summed E-state index contributed by atoms with van der Waals surface area (Å²) in [6, 6.07) is 17.0. The molecule has 2 heterocycles. The van der Waals surface area contributed by atoms with Crippen LogP contribution in [0.25, 0.3) is 10.6 Å². The summed E-state index contributed by atoms with van der Waals surface area (Å²) < 4.78 is 38.4. The van der Waals surface area contributed by atoms with Crippen molar-refractivity contribution in [2.24, 2.45) is 7.05 Å². The van der Waals surface area contributed by atoms with Crippen molar-refractivity contribution in [2.45, 2.75) is 26.1 Å². The highest BCUT2D eigenvalue weighted by Gasteiger charge is 2.35. The number of aromatic nitrogens is 2. The molecule has 1 aromatic carbocycles. The predicted molar refractivity (Wildman–Crippen MR) is 114 cm³/mol. The average molecular weight is 433 g/mol. The molecule has 0 radical (unpaired) electrons. The molecular weight excluding hydrogens is 409 g/mol. The Balaban J connectivity index is 0.000000216. The van der Waals surface area contributed by atoms with Crippen LogP contribution in [0.3, 0.4) is 0 Å². The molecule has 158 valence electrons. The molecule has 8 heteroatoms. The van der Waals surface area contributed by atoms with Gasteiger partial charge in [-0.15, -0.1) is 11.3 Å². The van der Waals surface area contributed by atoms with E-state index >= 15 is 0 Å². The van der Waals surface area contributed by atoms with Crippen molar-refractivity contribution in [1.82, 2.24) is 14.7 Å². The van der Waals surface area contributed by atoms with E-state index in [2.05, 4.69) is 29.9 Å². The van der Waals surface area contributed by atoms with Crippen molar-refractivity contribution < 1.29 is 13.2 Å². The maximum Gasteiger partial charge on any atom is 0.433 e. The Hall–Kier alpha value is -3.05. The van der Waals surface area contributed by atoms with Gasteiger partial charge in [0.1, 0.15) is 11.4 Å². The standard InChI is InChI=1S/C12H14N2.C10H9F3N2S/c1-2-14(10-6-9-13)11-12-7-4-3-5-8-12;1-6-3-4-8(16-6)7-5-9(10(11,12)13)15(2)14-7/h2-5,7-8H,1,6,10-11H2;3-5H,1-2H3. The lowest BCUT2D eigenvalue weighted by molar-refractivity contribution is -0.143. The molecule has 3 rings (SSSR count). The molecule has 4 nitrogen and oxygen atoms in total. The highest BCUT2D eigenvalue weighted by atomic mass is 32.1. The third-order valence-electron chi connectivity index (χ3n) is 4.16. The van der Waals surface area contributed by atoms with Gasteiger partial charge in [0.25, 0.3) is 0 Å². The summed E-state index contributed by atoms with van der Waals surface area (Å²) in [5.41, 5.74) is 0.881. The third-order valence-corrected chi connectivity index (χ3v) is 5.18. The fourth-order valence-electron chi connectivity index (χ4n) is 2.67. The van der Waals surface area contributed by atoms with Gasteiger partial charge in [-0.2, -0.15) is 23.5 Å². The zero-order valence-electron chi connectivity index (χ0n) is 16.9. The van der Waals surface area contributed by atoms with Crippen LogP contribution in [0.1, 0.15) is 22.6 Å². The lowest BCUT2D eigenvalue weighted by atomic mass is 10.2. The fourth-order valence-corrected chi connectivity index (χ4v) is 3.49. The van der Waals surface area contributed by atoms with Crippen LogP contribution >= 0.6 is 11.3 Å². The van der Waals surface area contributed by atoms with E-state index in [0.29, 0.717) is 12.1 Å². The topological polar surface area (TPSA) is 44.9 Å². The van der Waals surface area contributed by atoms with E-state index in [9.17, 15) is 13.2 Å². The van der Waals surface area contributed by atoms with Crippen molar-refractivity contribution in [3.63, 3.8) is 0 Å². The van der Waals surface area contributed by atoms with E-state index in [-0.39, 0.29) is 0 Å². The highest BCUT2D eigenvalue weighted by Crippen LogP contribution is 2.33. The van der Waals surface area contributed by atoms with Gasteiger partial charge in [0.2, 0.25) is 0 Å². The van der Waals surface area contributed by atoms with E-state index in [1.54, 1.807) is 12.3 Å². The van der Waals surface area contributed by atoms with Crippen molar-refractivity contribution in [3.05, 3.63) is 77.4 Å². The largest absolute Gasteiger partial charge is 0.433 e. The summed E-state index contributed by atoms with van der Waals surface area (Å²) in [5.74, 6) is 0. The molecule has 0 saturated carbocycles. The lowest BCUT2D eigenvalue weighted by Crippen LogP contribution is -2.17. The average Bonchev–Trinajstić information content (AvgIpc) is 3.32. The van der Waals surface area contributed by atoms with Crippen LogP contribution in [0.4, 0.5) is 13.2 Å². The maximum absolute atomic E-state index is 12.5. The second kappa shape index (κ2) is 10.6. The molecule has 0 aliphatic carbocycles. The molecular formula is C22H23F3N4S. The number of alkyl halides is 3. The van der Waals surface area contributed by atoms with Crippen molar-refractivity contribution in [1.29, 1.82) is 5.26 Å². The Labute approximate surface area is 178 Å². The molecule has 0 atom stereocenters. The SMILES string of the molecule is C=CN(CCC#N)Cc1ccccc1.Cc1ccc(-c2cc(C(F)(F)F)n(C)n2)s1. The quantitative estimate of drug-likeness (QED) is 0.478. The summed E-state index contributed by atoms with van der Waals surface area (Å²) >= 11 is 1.43. The minimum atomic E-state index is -4.35. The monoisotopic (exact) mass is 432 g/mol. The molecule has 0 fully saturated rings. The number of halogens is 3. The van der Waals surface area contributed by atoms with Crippen LogP contribution in [0.2, 0.25) is 0 Å². The lowest BCUT2D eigenvalue weighted by Gasteiger charge is -2.18. The highest BCUT2D eigenvalue weighted by molar-refractivity contribution is 7.15. The molecule has 0 amide bonds. The van der Waals surface area contributed by atoms with Crippen molar-refractivity contribution >= 4 is 11.3 Å². The second-order valence-electron chi connectivity index (χ2n) is 6.49. The first kappa shape index (κ1) is 23.2. The Morgan fingerprint density at radius 1 is 1.23 bits per heavy atom. The summed E-state index contributed by atoms with van der Waals surface area (Å²) in [6.45, 7) is 7.20. The van der Waals surface area contributed by atoms with Crippen LogP contribution < -0.4 is 0 Å². The molecule has 0 saturated heterocycles. The van der Waals surface area contributed by atoms with Crippen LogP contribution in [-0.4, -0.2) is 21.2 Å². The Morgan fingerprint density at radius 3 is 2.43 bits per heavy atom. The number of hydrogen-bond donors (Lipinski definition) is 0.